The van der Waals surface area contributed by atoms with Crippen molar-refractivity contribution in [3.63, 3.8) is 0 Å². The minimum Gasteiger partial charge on any atom is -0.369 e. The Labute approximate surface area is 202 Å². The van der Waals surface area contributed by atoms with Crippen molar-refractivity contribution in [1.82, 2.24) is 9.21 Å². The van der Waals surface area contributed by atoms with E-state index in [1.165, 1.54) is 24.2 Å². The van der Waals surface area contributed by atoms with Crippen LogP contribution in [0.3, 0.4) is 0 Å². The molecule has 0 radical (unpaired) electrons. The van der Waals surface area contributed by atoms with E-state index in [2.05, 4.69) is 41.0 Å². The number of piperidine rings is 1. The van der Waals surface area contributed by atoms with Gasteiger partial charge in [-0.15, -0.1) is 0 Å². The van der Waals surface area contributed by atoms with E-state index in [9.17, 15) is 8.42 Å². The number of halogens is 2. The van der Waals surface area contributed by atoms with Crippen LogP contribution in [-0.2, 0) is 10.0 Å². The van der Waals surface area contributed by atoms with Gasteiger partial charge >= 0.3 is 0 Å². The molecule has 2 saturated heterocycles. The SMILES string of the molecule is CCCN1CCN(c2cccc(C3CCCCN3S(=O)(=O)c3cc(Cl)cc(Cl)c3)c2)CC1. The largest absolute Gasteiger partial charge is 0.369 e. The van der Waals surface area contributed by atoms with Crippen LogP contribution in [0.1, 0.15) is 44.2 Å². The number of anilines is 1. The van der Waals surface area contributed by atoms with Gasteiger partial charge in [0.15, 0.2) is 0 Å². The normalized spacial score (nSPS) is 21.1. The van der Waals surface area contributed by atoms with Crippen molar-refractivity contribution in [2.24, 2.45) is 0 Å². The Bertz CT molecular complexity index is 1020. The van der Waals surface area contributed by atoms with E-state index in [0.29, 0.717) is 16.6 Å². The van der Waals surface area contributed by atoms with Gasteiger partial charge in [0.05, 0.1) is 10.9 Å². The number of sulfonamides is 1. The number of nitrogens with zero attached hydrogens (tertiary/aromatic N) is 3. The van der Waals surface area contributed by atoms with Crippen molar-refractivity contribution in [2.75, 3.05) is 44.2 Å². The maximum Gasteiger partial charge on any atom is 0.243 e. The van der Waals surface area contributed by atoms with E-state index >= 15 is 0 Å². The maximum atomic E-state index is 13.6. The summed E-state index contributed by atoms with van der Waals surface area (Å²) in [6, 6.07) is 12.8. The minimum absolute atomic E-state index is 0.158. The highest BCUT2D eigenvalue weighted by atomic mass is 35.5. The predicted molar refractivity (Wildman–Crippen MR) is 132 cm³/mol. The minimum atomic E-state index is -3.71. The Kier molecular flexibility index (Phi) is 7.68. The smallest absolute Gasteiger partial charge is 0.243 e. The Morgan fingerprint density at radius 3 is 2.34 bits per heavy atom. The maximum absolute atomic E-state index is 13.6. The lowest BCUT2D eigenvalue weighted by molar-refractivity contribution is 0.254. The topological polar surface area (TPSA) is 43.9 Å². The molecule has 8 heteroatoms. The van der Waals surface area contributed by atoms with Gasteiger partial charge in [0.1, 0.15) is 0 Å². The zero-order valence-corrected chi connectivity index (χ0v) is 20.8. The van der Waals surface area contributed by atoms with Crippen LogP contribution in [0.25, 0.3) is 0 Å². The first-order chi connectivity index (χ1) is 15.4. The van der Waals surface area contributed by atoms with Gasteiger partial charge in [-0.3, -0.25) is 4.90 Å². The van der Waals surface area contributed by atoms with Crippen LogP contribution in [0.4, 0.5) is 5.69 Å². The molecule has 2 heterocycles. The Balaban J connectivity index is 1.59. The molecule has 2 fully saturated rings. The zero-order valence-electron chi connectivity index (χ0n) is 18.5. The molecule has 0 spiro atoms. The molecular weight excluding hydrogens is 465 g/mol. The molecule has 0 bridgehead atoms. The fourth-order valence-electron chi connectivity index (χ4n) is 4.81. The van der Waals surface area contributed by atoms with Gasteiger partial charge in [0.25, 0.3) is 0 Å². The second-order valence-electron chi connectivity index (χ2n) is 8.66. The molecule has 2 aromatic carbocycles. The third-order valence-corrected chi connectivity index (χ3v) is 8.75. The monoisotopic (exact) mass is 495 g/mol. The Hall–Kier alpha value is -1.31. The van der Waals surface area contributed by atoms with Crippen LogP contribution >= 0.6 is 23.2 Å². The Morgan fingerprint density at radius 2 is 1.66 bits per heavy atom. The summed E-state index contributed by atoms with van der Waals surface area (Å²) < 4.78 is 28.7. The zero-order chi connectivity index (χ0) is 22.7. The summed E-state index contributed by atoms with van der Waals surface area (Å²) in [5.74, 6) is 0. The molecule has 2 aliphatic rings. The van der Waals surface area contributed by atoms with E-state index in [4.69, 9.17) is 23.2 Å². The van der Waals surface area contributed by atoms with Gasteiger partial charge in [0, 0.05) is 48.5 Å². The molecule has 0 saturated carbocycles. The molecule has 32 heavy (non-hydrogen) atoms. The second-order valence-corrected chi connectivity index (χ2v) is 11.4. The quantitative estimate of drug-likeness (QED) is 0.534. The summed E-state index contributed by atoms with van der Waals surface area (Å²) in [6.45, 7) is 7.99. The highest BCUT2D eigenvalue weighted by molar-refractivity contribution is 7.89. The Morgan fingerprint density at radius 1 is 0.938 bits per heavy atom. The van der Waals surface area contributed by atoms with Gasteiger partial charge in [-0.2, -0.15) is 4.31 Å². The highest BCUT2D eigenvalue weighted by Crippen LogP contribution is 2.37. The van der Waals surface area contributed by atoms with Crippen LogP contribution in [0.2, 0.25) is 10.0 Å². The summed E-state index contributed by atoms with van der Waals surface area (Å²) >= 11 is 12.2. The number of benzene rings is 2. The van der Waals surface area contributed by atoms with Gasteiger partial charge < -0.3 is 4.90 Å². The van der Waals surface area contributed by atoms with E-state index in [1.807, 2.05) is 0 Å². The van der Waals surface area contributed by atoms with Crippen molar-refractivity contribution in [1.29, 1.82) is 0 Å². The molecule has 1 atom stereocenters. The highest BCUT2D eigenvalue weighted by Gasteiger charge is 2.35. The molecule has 0 amide bonds. The van der Waals surface area contributed by atoms with Gasteiger partial charge in [-0.05, 0) is 61.7 Å². The summed E-state index contributed by atoms with van der Waals surface area (Å²) in [5.41, 5.74) is 2.22. The molecular formula is C24H31Cl2N3O2S. The summed E-state index contributed by atoms with van der Waals surface area (Å²) in [6.07, 6.45) is 3.84. The molecule has 2 aromatic rings. The summed E-state index contributed by atoms with van der Waals surface area (Å²) in [4.78, 5) is 5.07. The lowest BCUT2D eigenvalue weighted by Gasteiger charge is -2.37. The van der Waals surface area contributed by atoms with E-state index in [-0.39, 0.29) is 10.9 Å². The second kappa shape index (κ2) is 10.3. The van der Waals surface area contributed by atoms with Crippen LogP contribution in [0.5, 0.6) is 0 Å². The fraction of sp³-hybridized carbons (Fsp3) is 0.500. The fourth-order valence-corrected chi connectivity index (χ4v) is 7.22. The molecule has 1 unspecified atom stereocenters. The molecule has 0 aliphatic carbocycles. The molecule has 4 rings (SSSR count). The van der Waals surface area contributed by atoms with Crippen molar-refractivity contribution in [3.8, 4) is 0 Å². The van der Waals surface area contributed by atoms with E-state index in [1.54, 1.807) is 10.4 Å². The molecule has 2 aliphatic heterocycles. The number of hydrogen-bond donors (Lipinski definition) is 0. The first-order valence-corrected chi connectivity index (χ1v) is 13.6. The number of rotatable bonds is 6. The lowest BCUT2D eigenvalue weighted by atomic mass is 9.97. The third-order valence-electron chi connectivity index (χ3n) is 6.43. The van der Waals surface area contributed by atoms with Gasteiger partial charge in [-0.25, -0.2) is 8.42 Å². The number of piperazine rings is 1. The van der Waals surface area contributed by atoms with E-state index in [0.717, 1.165) is 57.5 Å². The summed E-state index contributed by atoms with van der Waals surface area (Å²) in [7, 11) is -3.71. The van der Waals surface area contributed by atoms with Gasteiger partial charge in [0.2, 0.25) is 10.0 Å². The lowest BCUT2D eigenvalue weighted by Crippen LogP contribution is -2.46. The first-order valence-electron chi connectivity index (χ1n) is 11.4. The molecule has 5 nitrogen and oxygen atoms in total. The van der Waals surface area contributed by atoms with Crippen molar-refractivity contribution in [3.05, 3.63) is 58.1 Å². The molecule has 0 aromatic heterocycles. The van der Waals surface area contributed by atoms with Gasteiger partial charge in [-0.1, -0.05) is 48.7 Å². The van der Waals surface area contributed by atoms with Crippen molar-refractivity contribution >= 4 is 38.9 Å². The molecule has 0 N–H and O–H groups in total. The van der Waals surface area contributed by atoms with Crippen LogP contribution in [-0.4, -0.2) is 56.9 Å². The van der Waals surface area contributed by atoms with E-state index < -0.39 is 10.0 Å². The standard InChI is InChI=1S/C24H31Cl2N3O2S/c1-2-9-27-11-13-28(14-12-27)22-7-5-6-19(15-22)24-8-3-4-10-29(24)32(30,31)23-17-20(25)16-21(26)18-23/h5-7,15-18,24H,2-4,8-14H2,1H3. The summed E-state index contributed by atoms with van der Waals surface area (Å²) in [5, 5.41) is 0.655. The first kappa shape index (κ1) is 23.8. The third kappa shape index (κ3) is 5.26. The van der Waals surface area contributed by atoms with Crippen LogP contribution < -0.4 is 4.90 Å². The van der Waals surface area contributed by atoms with Crippen molar-refractivity contribution < 1.29 is 8.42 Å². The average Bonchev–Trinajstić information content (AvgIpc) is 2.79. The predicted octanol–water partition coefficient (Wildman–Crippen LogP) is 5.44. The van der Waals surface area contributed by atoms with Crippen LogP contribution in [0.15, 0.2) is 47.4 Å². The molecule has 174 valence electrons. The van der Waals surface area contributed by atoms with Crippen molar-refractivity contribution in [2.45, 2.75) is 43.5 Å². The van der Waals surface area contributed by atoms with Crippen LogP contribution in [0, 0.1) is 0 Å². The number of hydrogen-bond acceptors (Lipinski definition) is 4. The average molecular weight is 497 g/mol.